The van der Waals surface area contributed by atoms with Gasteiger partial charge in [-0.15, -0.1) is 0 Å². The van der Waals surface area contributed by atoms with Crippen LogP contribution in [0.1, 0.15) is 6.92 Å². The maximum atomic E-state index is 10.8. The van der Waals surface area contributed by atoms with E-state index in [9.17, 15) is 4.79 Å². The van der Waals surface area contributed by atoms with Crippen LogP contribution < -0.4 is 5.73 Å². The summed E-state index contributed by atoms with van der Waals surface area (Å²) in [6.07, 6.45) is 1.62. The molecule has 0 radical (unpaired) electrons. The Labute approximate surface area is 66.5 Å². The van der Waals surface area contributed by atoms with Crippen molar-refractivity contribution in [2.24, 2.45) is 5.73 Å². The number of carbonyl (C=O) groups is 1. The van der Waals surface area contributed by atoms with Crippen LogP contribution in [0.2, 0.25) is 0 Å². The van der Waals surface area contributed by atoms with Crippen LogP contribution in [0.5, 0.6) is 0 Å². The monoisotopic (exact) mass is 155 g/mol. The van der Waals surface area contributed by atoms with Gasteiger partial charge in [0, 0.05) is 6.54 Å². The summed E-state index contributed by atoms with van der Waals surface area (Å²) in [5.41, 5.74) is 6.53. The van der Waals surface area contributed by atoms with E-state index in [1.165, 1.54) is 7.11 Å². The third kappa shape index (κ3) is 3.57. The van der Waals surface area contributed by atoms with Gasteiger partial charge in [-0.3, -0.25) is 0 Å². The SMILES string of the molecule is C=C(/C=C(\C)CN)C(=O)OC. The molecule has 0 atom stereocenters. The number of nitrogens with two attached hydrogens (primary N) is 1. The zero-order valence-electron chi connectivity index (χ0n) is 6.89. The zero-order valence-corrected chi connectivity index (χ0v) is 6.89. The number of rotatable bonds is 3. The molecule has 11 heavy (non-hydrogen) atoms. The fraction of sp³-hybridized carbons (Fsp3) is 0.375. The van der Waals surface area contributed by atoms with E-state index >= 15 is 0 Å². The maximum absolute atomic E-state index is 10.8. The highest BCUT2D eigenvalue weighted by Gasteiger charge is 2.01. The van der Waals surface area contributed by atoms with Crippen molar-refractivity contribution in [3.63, 3.8) is 0 Å². The second-order valence-corrected chi connectivity index (χ2v) is 2.21. The Balaban J connectivity index is 4.17. The third-order valence-corrected chi connectivity index (χ3v) is 1.19. The van der Waals surface area contributed by atoms with Crippen LogP contribution in [0.3, 0.4) is 0 Å². The highest BCUT2D eigenvalue weighted by molar-refractivity contribution is 5.90. The number of esters is 1. The molecule has 2 N–H and O–H groups in total. The quantitative estimate of drug-likeness (QED) is 0.369. The topological polar surface area (TPSA) is 52.3 Å². The second kappa shape index (κ2) is 4.68. The van der Waals surface area contributed by atoms with Gasteiger partial charge in [0.25, 0.3) is 0 Å². The molecule has 0 unspecified atom stereocenters. The van der Waals surface area contributed by atoms with Crippen molar-refractivity contribution in [2.75, 3.05) is 13.7 Å². The predicted molar refractivity (Wildman–Crippen MR) is 44.0 cm³/mol. The number of ether oxygens (including phenoxy) is 1. The summed E-state index contributed by atoms with van der Waals surface area (Å²) in [6.45, 7) is 5.76. The van der Waals surface area contributed by atoms with E-state index in [-0.39, 0.29) is 0 Å². The van der Waals surface area contributed by atoms with Crippen molar-refractivity contribution in [3.05, 3.63) is 23.8 Å². The largest absolute Gasteiger partial charge is 0.465 e. The molecule has 0 saturated carbocycles. The summed E-state index contributed by atoms with van der Waals surface area (Å²) in [6, 6.07) is 0. The fourth-order valence-corrected chi connectivity index (χ4v) is 0.546. The van der Waals surface area contributed by atoms with Crippen LogP contribution in [0.25, 0.3) is 0 Å². The van der Waals surface area contributed by atoms with Crippen molar-refractivity contribution in [1.29, 1.82) is 0 Å². The van der Waals surface area contributed by atoms with Gasteiger partial charge in [-0.25, -0.2) is 4.79 Å². The van der Waals surface area contributed by atoms with Crippen LogP contribution in [0.4, 0.5) is 0 Å². The Bertz CT molecular complexity index is 194. The fourth-order valence-electron chi connectivity index (χ4n) is 0.546. The van der Waals surface area contributed by atoms with Gasteiger partial charge in [0.2, 0.25) is 0 Å². The lowest BCUT2D eigenvalue weighted by molar-refractivity contribution is -0.135. The lowest BCUT2D eigenvalue weighted by atomic mass is 10.2. The van der Waals surface area contributed by atoms with E-state index < -0.39 is 5.97 Å². The van der Waals surface area contributed by atoms with E-state index in [1.54, 1.807) is 6.08 Å². The molecule has 0 spiro atoms. The van der Waals surface area contributed by atoms with Gasteiger partial charge in [-0.2, -0.15) is 0 Å². The summed E-state index contributed by atoms with van der Waals surface area (Å²) in [5.74, 6) is -0.419. The first-order chi connectivity index (χ1) is 5.11. The van der Waals surface area contributed by atoms with E-state index in [0.717, 1.165) is 5.57 Å². The van der Waals surface area contributed by atoms with E-state index in [0.29, 0.717) is 12.1 Å². The zero-order chi connectivity index (χ0) is 8.85. The minimum Gasteiger partial charge on any atom is -0.465 e. The molecule has 0 amide bonds. The molecule has 0 aliphatic heterocycles. The lowest BCUT2D eigenvalue weighted by Gasteiger charge is -1.98. The first-order valence-corrected chi connectivity index (χ1v) is 3.26. The summed E-state index contributed by atoms with van der Waals surface area (Å²) in [5, 5.41) is 0. The Morgan fingerprint density at radius 3 is 2.64 bits per heavy atom. The average Bonchev–Trinajstić information content (AvgIpc) is 2.02. The lowest BCUT2D eigenvalue weighted by Crippen LogP contribution is -2.05. The minimum atomic E-state index is -0.419. The molecule has 3 heteroatoms. The molecule has 0 heterocycles. The molecular weight excluding hydrogens is 142 g/mol. The van der Waals surface area contributed by atoms with Crippen molar-refractivity contribution < 1.29 is 9.53 Å². The number of hydrogen-bond acceptors (Lipinski definition) is 3. The van der Waals surface area contributed by atoms with Gasteiger partial charge in [0.15, 0.2) is 0 Å². The van der Waals surface area contributed by atoms with Gasteiger partial charge < -0.3 is 10.5 Å². The normalized spacial score (nSPS) is 11.0. The van der Waals surface area contributed by atoms with Crippen molar-refractivity contribution in [2.45, 2.75) is 6.92 Å². The molecule has 0 saturated heterocycles. The second-order valence-electron chi connectivity index (χ2n) is 2.21. The summed E-state index contributed by atoms with van der Waals surface area (Å²) < 4.78 is 4.43. The average molecular weight is 155 g/mol. The van der Waals surface area contributed by atoms with Crippen LogP contribution in [0.15, 0.2) is 23.8 Å². The van der Waals surface area contributed by atoms with E-state index in [4.69, 9.17) is 5.73 Å². The summed E-state index contributed by atoms with van der Waals surface area (Å²) >= 11 is 0. The maximum Gasteiger partial charge on any atom is 0.337 e. The van der Waals surface area contributed by atoms with E-state index in [2.05, 4.69) is 11.3 Å². The summed E-state index contributed by atoms with van der Waals surface area (Å²) in [7, 11) is 1.32. The molecular formula is C8H13NO2. The van der Waals surface area contributed by atoms with Gasteiger partial charge in [-0.1, -0.05) is 12.2 Å². The predicted octanol–water partition coefficient (Wildman–Crippen LogP) is 0.621. The van der Waals surface area contributed by atoms with Crippen LogP contribution in [-0.2, 0) is 9.53 Å². The number of hydrogen-bond donors (Lipinski definition) is 1. The molecule has 62 valence electrons. The Morgan fingerprint density at radius 1 is 1.73 bits per heavy atom. The molecule has 0 aromatic heterocycles. The van der Waals surface area contributed by atoms with Gasteiger partial charge in [0.05, 0.1) is 12.7 Å². The Hall–Kier alpha value is -1.09. The molecule has 0 aromatic carbocycles. The highest BCUT2D eigenvalue weighted by Crippen LogP contribution is 2.00. The number of methoxy groups -OCH3 is 1. The molecule has 3 nitrogen and oxygen atoms in total. The van der Waals surface area contributed by atoms with Crippen molar-refractivity contribution in [3.8, 4) is 0 Å². The first-order valence-electron chi connectivity index (χ1n) is 3.26. The van der Waals surface area contributed by atoms with E-state index in [1.807, 2.05) is 6.92 Å². The standard InChI is InChI=1S/C8H13NO2/c1-6(5-9)4-7(2)8(10)11-3/h4H,2,5,9H2,1,3H3/b6-4+. The van der Waals surface area contributed by atoms with Gasteiger partial charge in [-0.05, 0) is 13.0 Å². The summed E-state index contributed by atoms with van der Waals surface area (Å²) in [4.78, 5) is 10.8. The molecule has 0 aliphatic rings. The Kier molecular flexibility index (Phi) is 4.22. The molecule has 0 fully saturated rings. The highest BCUT2D eigenvalue weighted by atomic mass is 16.5. The minimum absolute atomic E-state index is 0.329. The first kappa shape index (κ1) is 9.91. The van der Waals surface area contributed by atoms with Gasteiger partial charge in [0.1, 0.15) is 0 Å². The van der Waals surface area contributed by atoms with Crippen molar-refractivity contribution >= 4 is 5.97 Å². The van der Waals surface area contributed by atoms with Crippen LogP contribution in [0, 0.1) is 0 Å². The van der Waals surface area contributed by atoms with Crippen LogP contribution in [-0.4, -0.2) is 19.6 Å². The molecule has 0 aromatic rings. The Morgan fingerprint density at radius 2 is 2.27 bits per heavy atom. The van der Waals surface area contributed by atoms with Crippen molar-refractivity contribution in [1.82, 2.24) is 0 Å². The molecule has 0 rings (SSSR count). The van der Waals surface area contributed by atoms with Crippen LogP contribution >= 0.6 is 0 Å². The third-order valence-electron chi connectivity index (χ3n) is 1.19. The smallest absolute Gasteiger partial charge is 0.337 e. The van der Waals surface area contributed by atoms with Gasteiger partial charge >= 0.3 is 5.97 Å². The molecule has 0 bridgehead atoms. The molecule has 0 aliphatic carbocycles. The number of carbonyl (C=O) groups excluding carboxylic acids is 1.